The topological polar surface area (TPSA) is 37.8 Å². The van der Waals surface area contributed by atoms with Gasteiger partial charge in [-0.05, 0) is 34.7 Å². The van der Waals surface area contributed by atoms with Gasteiger partial charge in [0.2, 0.25) is 0 Å². The van der Waals surface area contributed by atoms with E-state index in [0.717, 1.165) is 16.7 Å². The maximum absolute atomic E-state index is 12.0. The van der Waals surface area contributed by atoms with E-state index in [0.29, 0.717) is 11.8 Å². The predicted octanol–water partition coefficient (Wildman–Crippen LogP) is 3.25. The molecule has 0 aromatic carbocycles. The van der Waals surface area contributed by atoms with Crippen LogP contribution in [0, 0.1) is 5.92 Å². The Hall–Kier alpha value is -0.510. The first kappa shape index (κ1) is 12.0. The number of hydrogen-bond acceptors (Lipinski definition) is 1. The summed E-state index contributed by atoms with van der Waals surface area (Å²) in [5, 5.41) is 3.28. The van der Waals surface area contributed by atoms with Crippen molar-refractivity contribution >= 4 is 15.9 Å². The van der Waals surface area contributed by atoms with Crippen LogP contribution in [0.3, 0.4) is 0 Å². The van der Waals surface area contributed by atoms with Crippen LogP contribution >= 0.6 is 15.9 Å². The zero-order valence-electron chi connectivity index (χ0n) is 9.92. The zero-order valence-corrected chi connectivity index (χ0v) is 11.5. The molecule has 0 saturated heterocycles. The van der Waals surface area contributed by atoms with Crippen molar-refractivity contribution in [2.45, 2.75) is 52.0 Å². The lowest BCUT2D eigenvalue weighted by molar-refractivity contribution is 0.466. The van der Waals surface area contributed by atoms with Crippen LogP contribution in [-0.4, -0.2) is 9.78 Å². The summed E-state index contributed by atoms with van der Waals surface area (Å²) in [6.45, 7) is 5.01. The average Bonchev–Trinajstić information content (AvgIpc) is 2.81. The van der Waals surface area contributed by atoms with Crippen molar-refractivity contribution < 1.29 is 0 Å². The molecule has 0 amide bonds. The van der Waals surface area contributed by atoms with E-state index in [2.05, 4.69) is 34.9 Å². The van der Waals surface area contributed by atoms with Crippen molar-refractivity contribution in [3.63, 3.8) is 0 Å². The Kier molecular flexibility index (Phi) is 3.57. The van der Waals surface area contributed by atoms with E-state index in [1.807, 2.05) is 0 Å². The molecule has 1 N–H and O–H groups in total. The Balaban J connectivity index is 2.29. The number of hydrogen-bond donors (Lipinski definition) is 1. The van der Waals surface area contributed by atoms with Gasteiger partial charge in [0.1, 0.15) is 4.47 Å². The summed E-state index contributed by atoms with van der Waals surface area (Å²) in [4.78, 5) is 12.0. The van der Waals surface area contributed by atoms with Crippen molar-refractivity contribution in [2.75, 3.05) is 0 Å². The number of halogens is 1. The molecule has 1 aliphatic rings. The van der Waals surface area contributed by atoms with Gasteiger partial charge in [-0.2, -0.15) is 0 Å². The molecule has 1 saturated carbocycles. The molecule has 0 spiro atoms. The fraction of sp³-hybridized carbons (Fsp3) is 0.750. The number of nitrogens with zero attached hydrogens (tertiary/aromatic N) is 1. The molecule has 1 aromatic heterocycles. The average molecular weight is 287 g/mol. The predicted molar refractivity (Wildman–Crippen MR) is 68.8 cm³/mol. The standard InChI is InChI=1S/C12H19BrN2O/c1-8(2)7-15-12(16)10(13)11(14-15)9-5-3-4-6-9/h8-9,14H,3-7H2,1-2H3. The van der Waals surface area contributed by atoms with Gasteiger partial charge in [-0.25, -0.2) is 0 Å². The fourth-order valence-electron chi connectivity index (χ4n) is 2.46. The first-order chi connectivity index (χ1) is 7.59. The molecular weight excluding hydrogens is 268 g/mol. The molecule has 0 unspecified atom stereocenters. The van der Waals surface area contributed by atoms with E-state index in [-0.39, 0.29) is 5.56 Å². The van der Waals surface area contributed by atoms with E-state index < -0.39 is 0 Å². The molecule has 3 nitrogen and oxygen atoms in total. The number of aromatic amines is 1. The van der Waals surface area contributed by atoms with Crippen LogP contribution in [0.4, 0.5) is 0 Å². The molecule has 0 atom stereocenters. The van der Waals surface area contributed by atoms with E-state index in [9.17, 15) is 4.79 Å². The Labute approximate surface area is 104 Å². The van der Waals surface area contributed by atoms with Crippen LogP contribution in [0.15, 0.2) is 9.27 Å². The van der Waals surface area contributed by atoms with Crippen LogP contribution in [-0.2, 0) is 6.54 Å². The lowest BCUT2D eigenvalue weighted by Gasteiger charge is -2.08. The third-order valence-electron chi connectivity index (χ3n) is 3.24. The van der Waals surface area contributed by atoms with Gasteiger partial charge >= 0.3 is 0 Å². The van der Waals surface area contributed by atoms with Crippen LogP contribution in [0.25, 0.3) is 0 Å². The SMILES string of the molecule is CC(C)Cn1[nH]c(C2CCCC2)c(Br)c1=O. The molecule has 1 aliphatic carbocycles. The second-order valence-corrected chi connectivity index (χ2v) is 5.92. The monoisotopic (exact) mass is 286 g/mol. The van der Waals surface area contributed by atoms with Crippen molar-refractivity contribution in [2.24, 2.45) is 5.92 Å². The van der Waals surface area contributed by atoms with Gasteiger partial charge in [-0.15, -0.1) is 0 Å². The van der Waals surface area contributed by atoms with Crippen LogP contribution in [0.1, 0.15) is 51.1 Å². The molecule has 4 heteroatoms. The summed E-state index contributed by atoms with van der Waals surface area (Å²) < 4.78 is 2.49. The van der Waals surface area contributed by atoms with Gasteiger partial charge in [0, 0.05) is 12.5 Å². The normalized spacial score (nSPS) is 17.5. The summed E-state index contributed by atoms with van der Waals surface area (Å²) >= 11 is 3.44. The highest BCUT2D eigenvalue weighted by Crippen LogP contribution is 2.35. The zero-order chi connectivity index (χ0) is 11.7. The highest BCUT2D eigenvalue weighted by atomic mass is 79.9. The lowest BCUT2D eigenvalue weighted by atomic mass is 10.1. The van der Waals surface area contributed by atoms with Crippen molar-refractivity contribution in [1.82, 2.24) is 9.78 Å². The van der Waals surface area contributed by atoms with E-state index in [1.165, 1.54) is 25.7 Å². The highest BCUT2D eigenvalue weighted by molar-refractivity contribution is 9.10. The van der Waals surface area contributed by atoms with E-state index in [1.54, 1.807) is 4.68 Å². The van der Waals surface area contributed by atoms with Crippen LogP contribution in [0.2, 0.25) is 0 Å². The maximum atomic E-state index is 12.0. The van der Waals surface area contributed by atoms with E-state index in [4.69, 9.17) is 0 Å². The molecule has 0 bridgehead atoms. The second kappa shape index (κ2) is 4.78. The van der Waals surface area contributed by atoms with Crippen molar-refractivity contribution in [1.29, 1.82) is 0 Å². The smallest absolute Gasteiger partial charge is 0.281 e. The van der Waals surface area contributed by atoms with Crippen LogP contribution < -0.4 is 5.56 Å². The minimum Gasteiger partial charge on any atom is -0.298 e. The number of H-pyrrole nitrogens is 1. The first-order valence-corrected chi connectivity index (χ1v) is 6.87. The molecule has 1 fully saturated rings. The maximum Gasteiger partial charge on any atom is 0.281 e. The molecule has 2 rings (SSSR count). The number of aromatic nitrogens is 2. The quantitative estimate of drug-likeness (QED) is 0.910. The molecule has 0 radical (unpaired) electrons. The van der Waals surface area contributed by atoms with Gasteiger partial charge in [0.15, 0.2) is 0 Å². The second-order valence-electron chi connectivity index (χ2n) is 5.13. The van der Waals surface area contributed by atoms with Crippen molar-refractivity contribution in [3.05, 3.63) is 20.5 Å². The molecule has 90 valence electrons. The minimum absolute atomic E-state index is 0.0931. The van der Waals surface area contributed by atoms with Gasteiger partial charge in [0.25, 0.3) is 5.56 Å². The highest BCUT2D eigenvalue weighted by Gasteiger charge is 2.23. The summed E-state index contributed by atoms with van der Waals surface area (Å²) in [7, 11) is 0. The Bertz CT molecular complexity index is 413. The summed E-state index contributed by atoms with van der Waals surface area (Å²) in [5.41, 5.74) is 1.21. The van der Waals surface area contributed by atoms with Gasteiger partial charge in [0.05, 0.1) is 5.69 Å². The Morgan fingerprint density at radius 2 is 2.06 bits per heavy atom. The number of nitrogens with one attached hydrogen (secondary N) is 1. The summed E-state index contributed by atoms with van der Waals surface area (Å²) in [5.74, 6) is 1.04. The molecule has 1 aromatic rings. The fourth-order valence-corrected chi connectivity index (χ4v) is 3.08. The molecule has 1 heterocycles. The molecule has 16 heavy (non-hydrogen) atoms. The third-order valence-corrected chi connectivity index (χ3v) is 4.00. The van der Waals surface area contributed by atoms with Crippen LogP contribution in [0.5, 0.6) is 0 Å². The number of rotatable bonds is 3. The van der Waals surface area contributed by atoms with Crippen molar-refractivity contribution in [3.8, 4) is 0 Å². The Morgan fingerprint density at radius 3 is 2.62 bits per heavy atom. The largest absolute Gasteiger partial charge is 0.298 e. The van der Waals surface area contributed by atoms with Gasteiger partial charge < -0.3 is 0 Å². The van der Waals surface area contributed by atoms with Gasteiger partial charge in [-0.1, -0.05) is 26.7 Å². The molecular formula is C12H19BrN2O. The van der Waals surface area contributed by atoms with E-state index >= 15 is 0 Å². The molecule has 0 aliphatic heterocycles. The summed E-state index contributed by atoms with van der Waals surface area (Å²) in [6, 6.07) is 0. The third kappa shape index (κ3) is 2.26. The first-order valence-electron chi connectivity index (χ1n) is 6.07. The minimum atomic E-state index is 0.0931. The van der Waals surface area contributed by atoms with Gasteiger partial charge in [-0.3, -0.25) is 14.6 Å². The Morgan fingerprint density at radius 1 is 1.44 bits per heavy atom. The summed E-state index contributed by atoms with van der Waals surface area (Å²) in [6.07, 6.45) is 4.99. The lowest BCUT2D eigenvalue weighted by Crippen LogP contribution is -2.19.